The van der Waals surface area contributed by atoms with E-state index in [1.807, 2.05) is 6.92 Å². The molecule has 0 spiro atoms. The lowest BCUT2D eigenvalue weighted by atomic mass is 9.69. The lowest BCUT2D eigenvalue weighted by Crippen LogP contribution is -2.43. The van der Waals surface area contributed by atoms with Gasteiger partial charge in [0.2, 0.25) is 0 Å². The third kappa shape index (κ3) is 5.36. The van der Waals surface area contributed by atoms with Gasteiger partial charge >= 0.3 is 0 Å². The summed E-state index contributed by atoms with van der Waals surface area (Å²) in [7, 11) is -2.87. The summed E-state index contributed by atoms with van der Waals surface area (Å²) in [6.07, 6.45) is 6.15. The van der Waals surface area contributed by atoms with E-state index >= 15 is 0 Å². The minimum Gasteiger partial charge on any atom is -0.310 e. The van der Waals surface area contributed by atoms with Crippen molar-refractivity contribution in [2.24, 2.45) is 11.3 Å². The van der Waals surface area contributed by atoms with Gasteiger partial charge in [0.05, 0.1) is 5.75 Å². The van der Waals surface area contributed by atoms with E-state index in [4.69, 9.17) is 0 Å². The first-order valence-corrected chi connectivity index (χ1v) is 9.98. The van der Waals surface area contributed by atoms with E-state index in [-0.39, 0.29) is 17.5 Å². The molecule has 0 heterocycles. The van der Waals surface area contributed by atoms with Crippen LogP contribution in [0.25, 0.3) is 0 Å². The molecule has 1 atom stereocenters. The first-order chi connectivity index (χ1) is 9.20. The molecule has 0 amide bonds. The SMILES string of the molecule is CCC(C)(C)C1CCC(NC(C)CS(=O)(=O)CC)CC1. The van der Waals surface area contributed by atoms with Gasteiger partial charge in [0.15, 0.2) is 9.84 Å². The Morgan fingerprint density at radius 2 is 1.70 bits per heavy atom. The van der Waals surface area contributed by atoms with Crippen LogP contribution in [-0.4, -0.2) is 32.0 Å². The van der Waals surface area contributed by atoms with Crippen LogP contribution in [0.15, 0.2) is 0 Å². The zero-order valence-electron chi connectivity index (χ0n) is 13.9. The Balaban J connectivity index is 2.39. The second kappa shape index (κ2) is 7.26. The molecule has 4 heteroatoms. The summed E-state index contributed by atoms with van der Waals surface area (Å²) in [5.74, 6) is 1.33. The second-order valence-corrected chi connectivity index (χ2v) is 9.56. The maximum Gasteiger partial charge on any atom is 0.151 e. The number of rotatable bonds is 7. The van der Waals surface area contributed by atoms with Crippen LogP contribution >= 0.6 is 0 Å². The highest BCUT2D eigenvalue weighted by atomic mass is 32.2. The third-order valence-electron chi connectivity index (χ3n) is 5.21. The van der Waals surface area contributed by atoms with Crippen molar-refractivity contribution in [3.63, 3.8) is 0 Å². The Morgan fingerprint density at radius 3 is 2.15 bits per heavy atom. The smallest absolute Gasteiger partial charge is 0.151 e. The highest BCUT2D eigenvalue weighted by Gasteiger charge is 2.32. The van der Waals surface area contributed by atoms with Crippen LogP contribution in [0.3, 0.4) is 0 Å². The number of hydrogen-bond donors (Lipinski definition) is 1. The van der Waals surface area contributed by atoms with Gasteiger partial charge in [-0.3, -0.25) is 0 Å². The Kier molecular flexibility index (Phi) is 6.52. The first-order valence-electron chi connectivity index (χ1n) is 8.16. The summed E-state index contributed by atoms with van der Waals surface area (Å²) in [6.45, 7) is 10.8. The van der Waals surface area contributed by atoms with E-state index in [1.54, 1.807) is 6.92 Å². The Morgan fingerprint density at radius 1 is 1.15 bits per heavy atom. The summed E-state index contributed by atoms with van der Waals surface area (Å²) in [5.41, 5.74) is 0.447. The van der Waals surface area contributed by atoms with Crippen molar-refractivity contribution >= 4 is 9.84 Å². The average Bonchev–Trinajstić information content (AvgIpc) is 2.38. The average molecular weight is 304 g/mol. The monoisotopic (exact) mass is 303 g/mol. The van der Waals surface area contributed by atoms with Crippen LogP contribution < -0.4 is 5.32 Å². The minimum absolute atomic E-state index is 0.0701. The fourth-order valence-electron chi connectivity index (χ4n) is 3.28. The Bertz CT molecular complexity index is 381. The van der Waals surface area contributed by atoms with Crippen LogP contribution in [0.5, 0.6) is 0 Å². The van der Waals surface area contributed by atoms with Gasteiger partial charge < -0.3 is 5.32 Å². The van der Waals surface area contributed by atoms with Crippen molar-refractivity contribution in [1.82, 2.24) is 5.32 Å². The van der Waals surface area contributed by atoms with Gasteiger partial charge in [0, 0.05) is 17.8 Å². The van der Waals surface area contributed by atoms with Crippen molar-refractivity contribution < 1.29 is 8.42 Å². The van der Waals surface area contributed by atoms with Crippen molar-refractivity contribution in [3.05, 3.63) is 0 Å². The zero-order chi connectivity index (χ0) is 15.4. The van der Waals surface area contributed by atoms with Gasteiger partial charge in [-0.05, 0) is 43.9 Å². The van der Waals surface area contributed by atoms with E-state index < -0.39 is 9.84 Å². The highest BCUT2D eigenvalue weighted by molar-refractivity contribution is 7.91. The molecule has 20 heavy (non-hydrogen) atoms. The lowest BCUT2D eigenvalue weighted by molar-refractivity contribution is 0.135. The fourth-order valence-corrected chi connectivity index (χ4v) is 4.37. The summed E-state index contributed by atoms with van der Waals surface area (Å²) in [4.78, 5) is 0. The molecule has 0 radical (unpaired) electrons. The molecule has 0 saturated heterocycles. The summed E-state index contributed by atoms with van der Waals surface area (Å²) in [6, 6.07) is 0.571. The molecule has 1 N–H and O–H groups in total. The lowest BCUT2D eigenvalue weighted by Gasteiger charge is -2.39. The Hall–Kier alpha value is -0.0900. The topological polar surface area (TPSA) is 46.2 Å². The summed E-state index contributed by atoms with van der Waals surface area (Å²) >= 11 is 0. The molecule has 0 aliphatic heterocycles. The largest absolute Gasteiger partial charge is 0.310 e. The van der Waals surface area contributed by atoms with Crippen molar-refractivity contribution in [2.45, 2.75) is 78.8 Å². The quantitative estimate of drug-likeness (QED) is 0.784. The van der Waals surface area contributed by atoms with Crippen molar-refractivity contribution in [2.75, 3.05) is 11.5 Å². The molecular weight excluding hydrogens is 270 g/mol. The van der Waals surface area contributed by atoms with E-state index in [0.717, 1.165) is 5.92 Å². The maximum atomic E-state index is 11.6. The van der Waals surface area contributed by atoms with Gasteiger partial charge in [0.1, 0.15) is 0 Å². The van der Waals surface area contributed by atoms with Crippen LogP contribution in [0.4, 0.5) is 0 Å². The molecule has 1 aliphatic rings. The molecule has 1 saturated carbocycles. The van der Waals surface area contributed by atoms with Crippen molar-refractivity contribution in [1.29, 1.82) is 0 Å². The molecular formula is C16H33NO2S. The standard InChI is InChI=1S/C16H33NO2S/c1-6-16(4,5)14-8-10-15(11-9-14)17-13(3)12-20(18,19)7-2/h13-15,17H,6-12H2,1-5H3. The minimum atomic E-state index is -2.87. The zero-order valence-corrected chi connectivity index (χ0v) is 14.7. The predicted octanol–water partition coefficient (Wildman–Crippen LogP) is 3.39. The first kappa shape index (κ1) is 18.0. The molecule has 0 aromatic heterocycles. The maximum absolute atomic E-state index is 11.6. The van der Waals surface area contributed by atoms with Crippen LogP contribution in [0.2, 0.25) is 0 Å². The van der Waals surface area contributed by atoms with Gasteiger partial charge in [-0.1, -0.05) is 34.1 Å². The normalized spacial score (nSPS) is 26.4. The summed E-state index contributed by atoms with van der Waals surface area (Å²) < 4.78 is 23.3. The predicted molar refractivity (Wildman–Crippen MR) is 86.7 cm³/mol. The van der Waals surface area contributed by atoms with Gasteiger partial charge in [-0.2, -0.15) is 0 Å². The molecule has 1 rings (SSSR count). The molecule has 1 aliphatic carbocycles. The molecule has 120 valence electrons. The fraction of sp³-hybridized carbons (Fsp3) is 1.00. The van der Waals surface area contributed by atoms with E-state index in [0.29, 0.717) is 11.5 Å². The van der Waals surface area contributed by atoms with E-state index in [9.17, 15) is 8.42 Å². The Labute approximate surface area is 125 Å². The molecule has 0 aromatic carbocycles. The van der Waals surface area contributed by atoms with Crippen LogP contribution in [0.1, 0.15) is 66.7 Å². The van der Waals surface area contributed by atoms with E-state index in [1.165, 1.54) is 32.1 Å². The summed E-state index contributed by atoms with van der Waals surface area (Å²) in [5, 5.41) is 3.52. The molecule has 1 fully saturated rings. The van der Waals surface area contributed by atoms with Crippen LogP contribution in [-0.2, 0) is 9.84 Å². The van der Waals surface area contributed by atoms with E-state index in [2.05, 4.69) is 26.1 Å². The van der Waals surface area contributed by atoms with Gasteiger partial charge in [0.25, 0.3) is 0 Å². The molecule has 0 bridgehead atoms. The second-order valence-electron chi connectivity index (χ2n) is 7.16. The number of hydrogen-bond acceptors (Lipinski definition) is 3. The van der Waals surface area contributed by atoms with Crippen molar-refractivity contribution in [3.8, 4) is 0 Å². The molecule has 3 nitrogen and oxygen atoms in total. The highest BCUT2D eigenvalue weighted by Crippen LogP contribution is 2.40. The van der Waals surface area contributed by atoms with Gasteiger partial charge in [-0.25, -0.2) is 8.42 Å². The number of sulfone groups is 1. The molecule has 0 aromatic rings. The van der Waals surface area contributed by atoms with Gasteiger partial charge in [-0.15, -0.1) is 0 Å². The number of nitrogens with one attached hydrogen (secondary N) is 1. The van der Waals surface area contributed by atoms with Crippen LogP contribution in [0, 0.1) is 11.3 Å². The third-order valence-corrected chi connectivity index (χ3v) is 7.10. The molecule has 1 unspecified atom stereocenters.